The van der Waals surface area contributed by atoms with E-state index in [2.05, 4.69) is 5.32 Å². The van der Waals surface area contributed by atoms with Crippen molar-refractivity contribution in [2.45, 2.75) is 24.1 Å². The molecule has 0 aliphatic rings. The molecule has 2 aromatic carbocycles. The molecule has 1 N–H and O–H groups in total. The minimum absolute atomic E-state index is 0.00130. The Morgan fingerprint density at radius 3 is 2.14 bits per heavy atom. The van der Waals surface area contributed by atoms with Gasteiger partial charge in [0.2, 0.25) is 0 Å². The van der Waals surface area contributed by atoms with Gasteiger partial charge in [-0.3, -0.25) is 4.79 Å². The Morgan fingerprint density at radius 1 is 1.04 bits per heavy atom. The number of esters is 1. The lowest BCUT2D eigenvalue weighted by Crippen LogP contribution is -2.30. The van der Waals surface area contributed by atoms with Gasteiger partial charge in [-0.25, -0.2) is 13.2 Å². The molecule has 0 spiro atoms. The maximum Gasteiger partial charge on any atom is 0.418 e. The zero-order chi connectivity index (χ0) is 21.1. The van der Waals surface area contributed by atoms with Crippen molar-refractivity contribution in [3.8, 4) is 0 Å². The van der Waals surface area contributed by atoms with Crippen LogP contribution in [-0.4, -0.2) is 32.7 Å². The molecule has 0 bridgehead atoms. The summed E-state index contributed by atoms with van der Waals surface area (Å²) in [5, 5.41) is 2.09. The number of amides is 1. The molecular weight excluding hydrogens is 399 g/mol. The average Bonchev–Trinajstić information content (AvgIpc) is 2.60. The first kappa shape index (κ1) is 21.4. The minimum atomic E-state index is -4.66. The van der Waals surface area contributed by atoms with Crippen LogP contribution in [0.2, 0.25) is 0 Å². The maximum atomic E-state index is 13.0. The predicted molar refractivity (Wildman–Crippen MR) is 94.5 cm³/mol. The quantitative estimate of drug-likeness (QED) is 0.757. The molecule has 150 valence electrons. The second-order valence-electron chi connectivity index (χ2n) is 5.88. The van der Waals surface area contributed by atoms with Gasteiger partial charge >= 0.3 is 12.1 Å². The Morgan fingerprint density at radius 2 is 1.61 bits per heavy atom. The number of carbonyl (C=O) groups is 2. The van der Waals surface area contributed by atoms with E-state index in [-0.39, 0.29) is 10.5 Å². The summed E-state index contributed by atoms with van der Waals surface area (Å²) in [6.45, 7) is 1.20. The fraction of sp³-hybridized carbons (Fsp3) is 0.222. The first-order valence-corrected chi connectivity index (χ1v) is 9.77. The van der Waals surface area contributed by atoms with E-state index in [1.165, 1.54) is 43.3 Å². The number of nitrogens with one attached hydrogen (secondary N) is 1. The summed E-state index contributed by atoms with van der Waals surface area (Å²) in [7, 11) is -3.44. The molecule has 0 aliphatic carbocycles. The van der Waals surface area contributed by atoms with Gasteiger partial charge in [-0.05, 0) is 43.3 Å². The van der Waals surface area contributed by atoms with E-state index in [0.717, 1.165) is 18.4 Å². The Balaban J connectivity index is 2.08. The highest BCUT2D eigenvalue weighted by Crippen LogP contribution is 2.34. The molecule has 0 aliphatic heterocycles. The number of ether oxygens (including phenoxy) is 1. The number of rotatable bonds is 5. The van der Waals surface area contributed by atoms with Crippen molar-refractivity contribution in [3.05, 3.63) is 59.7 Å². The highest BCUT2D eigenvalue weighted by Gasteiger charge is 2.34. The van der Waals surface area contributed by atoms with Gasteiger partial charge < -0.3 is 10.1 Å². The number of sulfone groups is 1. The first-order valence-electron chi connectivity index (χ1n) is 7.88. The molecular formula is C18H16F3NO5S. The molecule has 28 heavy (non-hydrogen) atoms. The highest BCUT2D eigenvalue weighted by atomic mass is 32.2. The fourth-order valence-corrected chi connectivity index (χ4v) is 2.82. The van der Waals surface area contributed by atoms with Crippen molar-refractivity contribution in [2.75, 3.05) is 11.6 Å². The number of anilines is 1. The van der Waals surface area contributed by atoms with Crippen LogP contribution in [0.1, 0.15) is 22.8 Å². The van der Waals surface area contributed by atoms with E-state index in [4.69, 9.17) is 4.74 Å². The molecule has 1 atom stereocenters. The van der Waals surface area contributed by atoms with Crippen molar-refractivity contribution >= 4 is 27.4 Å². The number of benzene rings is 2. The van der Waals surface area contributed by atoms with E-state index >= 15 is 0 Å². The summed E-state index contributed by atoms with van der Waals surface area (Å²) in [5.41, 5.74) is -1.50. The van der Waals surface area contributed by atoms with E-state index < -0.39 is 45.2 Å². The van der Waals surface area contributed by atoms with Crippen LogP contribution in [0.4, 0.5) is 18.9 Å². The number of hydrogen-bond donors (Lipinski definition) is 1. The minimum Gasteiger partial charge on any atom is -0.449 e. The number of hydrogen-bond acceptors (Lipinski definition) is 5. The van der Waals surface area contributed by atoms with Crippen molar-refractivity contribution in [1.29, 1.82) is 0 Å². The van der Waals surface area contributed by atoms with Gasteiger partial charge in [-0.1, -0.05) is 12.1 Å². The molecule has 1 amide bonds. The molecule has 10 heteroatoms. The fourth-order valence-electron chi connectivity index (χ4n) is 2.19. The molecule has 0 saturated heterocycles. The van der Waals surface area contributed by atoms with E-state index in [1.807, 2.05) is 0 Å². The molecule has 0 saturated carbocycles. The van der Waals surface area contributed by atoms with Crippen LogP contribution in [0.15, 0.2) is 53.4 Å². The van der Waals surface area contributed by atoms with E-state index in [1.54, 1.807) is 0 Å². The highest BCUT2D eigenvalue weighted by molar-refractivity contribution is 7.90. The van der Waals surface area contributed by atoms with Gasteiger partial charge in [0, 0.05) is 6.26 Å². The summed E-state index contributed by atoms with van der Waals surface area (Å²) in [6.07, 6.45) is -5.04. The van der Waals surface area contributed by atoms with Crippen LogP contribution < -0.4 is 5.32 Å². The predicted octanol–water partition coefficient (Wildman–Crippen LogP) is 3.29. The Bertz CT molecular complexity index is 985. The van der Waals surface area contributed by atoms with Crippen molar-refractivity contribution < 1.29 is 35.9 Å². The molecule has 0 fully saturated rings. The monoisotopic (exact) mass is 415 g/mol. The molecule has 2 rings (SSSR count). The van der Waals surface area contributed by atoms with E-state index in [9.17, 15) is 31.2 Å². The summed E-state index contributed by atoms with van der Waals surface area (Å²) >= 11 is 0. The van der Waals surface area contributed by atoms with Crippen molar-refractivity contribution in [2.24, 2.45) is 0 Å². The summed E-state index contributed by atoms with van der Waals surface area (Å²) in [4.78, 5) is 24.2. The number of alkyl halides is 3. The normalized spacial score (nSPS) is 12.9. The second kappa shape index (κ2) is 8.01. The van der Waals surface area contributed by atoms with Crippen LogP contribution in [-0.2, 0) is 25.5 Å². The molecule has 0 heterocycles. The largest absolute Gasteiger partial charge is 0.449 e. The topological polar surface area (TPSA) is 89.5 Å². The van der Waals surface area contributed by atoms with Crippen molar-refractivity contribution in [3.63, 3.8) is 0 Å². The zero-order valence-electron chi connectivity index (χ0n) is 14.8. The third-order valence-electron chi connectivity index (χ3n) is 3.66. The zero-order valence-corrected chi connectivity index (χ0v) is 15.6. The Kier molecular flexibility index (Phi) is 6.13. The third-order valence-corrected chi connectivity index (χ3v) is 4.79. The summed E-state index contributed by atoms with van der Waals surface area (Å²) in [6, 6.07) is 9.23. The van der Waals surface area contributed by atoms with E-state index in [0.29, 0.717) is 0 Å². The van der Waals surface area contributed by atoms with Crippen molar-refractivity contribution in [1.82, 2.24) is 0 Å². The van der Waals surface area contributed by atoms with Gasteiger partial charge in [0.25, 0.3) is 5.91 Å². The summed E-state index contributed by atoms with van der Waals surface area (Å²) in [5.74, 6) is -1.87. The van der Waals surface area contributed by atoms with Crippen LogP contribution >= 0.6 is 0 Å². The van der Waals surface area contributed by atoms with Crippen LogP contribution in [0, 0.1) is 0 Å². The standard InChI is InChI=1S/C18H16F3NO5S/c1-11(16(23)22-15-6-4-3-5-14(15)18(19,20)21)27-17(24)12-7-9-13(10-8-12)28(2,25)26/h3-11H,1-2H3,(H,22,23)/t11-/m1/s1. The maximum absolute atomic E-state index is 13.0. The lowest BCUT2D eigenvalue weighted by Gasteiger charge is -2.17. The number of para-hydroxylation sites is 1. The second-order valence-corrected chi connectivity index (χ2v) is 7.89. The summed E-state index contributed by atoms with van der Waals surface area (Å²) < 4.78 is 66.7. The average molecular weight is 415 g/mol. The lowest BCUT2D eigenvalue weighted by atomic mass is 10.1. The smallest absolute Gasteiger partial charge is 0.418 e. The van der Waals surface area contributed by atoms with Crippen LogP contribution in [0.25, 0.3) is 0 Å². The molecule has 6 nitrogen and oxygen atoms in total. The Hall–Kier alpha value is -2.88. The lowest BCUT2D eigenvalue weighted by molar-refractivity contribution is -0.137. The molecule has 0 aromatic heterocycles. The number of carbonyl (C=O) groups excluding carboxylic acids is 2. The van der Waals surface area contributed by atoms with Gasteiger partial charge in [-0.2, -0.15) is 13.2 Å². The van der Waals surface area contributed by atoms with Gasteiger partial charge in [0.1, 0.15) is 0 Å². The van der Waals surface area contributed by atoms with Crippen LogP contribution in [0.5, 0.6) is 0 Å². The molecule has 0 radical (unpaired) electrons. The Labute approximate surface area is 159 Å². The molecule has 2 aromatic rings. The first-order chi connectivity index (χ1) is 12.9. The van der Waals surface area contributed by atoms with Gasteiger partial charge in [0.15, 0.2) is 15.9 Å². The third kappa shape index (κ3) is 5.32. The SMILES string of the molecule is C[C@@H](OC(=O)c1ccc(S(C)(=O)=O)cc1)C(=O)Nc1ccccc1C(F)(F)F. The number of halogens is 3. The molecule has 0 unspecified atom stereocenters. The van der Waals surface area contributed by atoms with Gasteiger partial charge in [-0.15, -0.1) is 0 Å². The van der Waals surface area contributed by atoms with Crippen LogP contribution in [0.3, 0.4) is 0 Å². The van der Waals surface area contributed by atoms with Gasteiger partial charge in [0.05, 0.1) is 21.7 Å².